The monoisotopic (exact) mass is 447 g/mol. The Morgan fingerprint density at radius 2 is 1.74 bits per heavy atom. The topological polar surface area (TPSA) is 99.2 Å². The van der Waals surface area contributed by atoms with Crippen LogP contribution in [0.25, 0.3) is 0 Å². The Morgan fingerprint density at radius 1 is 1.06 bits per heavy atom. The van der Waals surface area contributed by atoms with Gasteiger partial charge in [-0.15, -0.1) is 0 Å². The zero-order valence-electron chi connectivity index (χ0n) is 17.9. The van der Waals surface area contributed by atoms with E-state index in [1.54, 1.807) is 18.2 Å². The number of carboxylic acid groups (broad SMARTS) is 1. The predicted octanol–water partition coefficient (Wildman–Crippen LogP) is 3.12. The first kappa shape index (κ1) is 22.9. The molecule has 31 heavy (non-hydrogen) atoms. The van der Waals surface area contributed by atoms with Crippen LogP contribution in [0.5, 0.6) is 5.75 Å². The van der Waals surface area contributed by atoms with E-state index in [0.717, 1.165) is 39.1 Å². The molecule has 168 valence electrons. The van der Waals surface area contributed by atoms with E-state index in [-0.39, 0.29) is 16.1 Å². The van der Waals surface area contributed by atoms with E-state index in [1.807, 2.05) is 6.92 Å². The Hall–Kier alpha value is -2.78. The maximum atomic E-state index is 13.0. The molecule has 2 aromatic rings. The number of ether oxygens (including phenoxy) is 1. The van der Waals surface area contributed by atoms with E-state index < -0.39 is 16.0 Å². The maximum absolute atomic E-state index is 13.0. The van der Waals surface area contributed by atoms with Crippen molar-refractivity contribution in [2.24, 2.45) is 0 Å². The third-order valence-electron chi connectivity index (χ3n) is 5.19. The minimum Gasteiger partial charge on any atom is -0.494 e. The zero-order chi connectivity index (χ0) is 22.4. The molecule has 3 rings (SSSR count). The molecule has 1 aliphatic heterocycles. The van der Waals surface area contributed by atoms with Crippen molar-refractivity contribution in [3.8, 4) is 5.75 Å². The van der Waals surface area contributed by atoms with Crippen LogP contribution in [-0.2, 0) is 10.0 Å². The molecule has 2 N–H and O–H groups in total. The molecule has 8 nitrogen and oxygen atoms in total. The van der Waals surface area contributed by atoms with Crippen LogP contribution in [0.1, 0.15) is 30.6 Å². The third-order valence-corrected chi connectivity index (χ3v) is 6.57. The summed E-state index contributed by atoms with van der Waals surface area (Å²) in [5.74, 6) is -0.527. The van der Waals surface area contributed by atoms with Crippen LogP contribution in [0.2, 0.25) is 0 Å². The summed E-state index contributed by atoms with van der Waals surface area (Å²) in [6.45, 7) is 8.74. The SMILES string of the molecule is CCCN1CCN(c2ccc(C(=O)O)cc2NS(=O)(=O)c2ccc(OCC)cc2)CC1. The van der Waals surface area contributed by atoms with Crippen LogP contribution in [-0.4, -0.2) is 63.7 Å². The van der Waals surface area contributed by atoms with E-state index in [1.165, 1.54) is 24.3 Å². The fourth-order valence-corrected chi connectivity index (χ4v) is 4.71. The largest absolute Gasteiger partial charge is 0.494 e. The lowest BCUT2D eigenvalue weighted by molar-refractivity contribution is 0.0697. The van der Waals surface area contributed by atoms with Gasteiger partial charge in [-0.05, 0) is 62.4 Å². The van der Waals surface area contributed by atoms with Crippen molar-refractivity contribution in [2.75, 3.05) is 49.0 Å². The first-order valence-electron chi connectivity index (χ1n) is 10.4. The molecule has 0 aliphatic carbocycles. The van der Waals surface area contributed by atoms with Gasteiger partial charge >= 0.3 is 5.97 Å². The van der Waals surface area contributed by atoms with Gasteiger partial charge in [0.1, 0.15) is 5.75 Å². The number of piperazine rings is 1. The second-order valence-corrected chi connectivity index (χ2v) is 9.06. The third kappa shape index (κ3) is 5.68. The van der Waals surface area contributed by atoms with Gasteiger partial charge in [-0.1, -0.05) is 6.92 Å². The van der Waals surface area contributed by atoms with Crippen molar-refractivity contribution in [3.05, 3.63) is 48.0 Å². The Labute approximate surface area is 183 Å². The molecule has 0 radical (unpaired) electrons. The molecule has 0 bridgehead atoms. The van der Waals surface area contributed by atoms with Crippen molar-refractivity contribution in [1.82, 2.24) is 4.90 Å². The maximum Gasteiger partial charge on any atom is 0.335 e. The second-order valence-electron chi connectivity index (χ2n) is 7.38. The van der Waals surface area contributed by atoms with E-state index in [4.69, 9.17) is 4.74 Å². The summed E-state index contributed by atoms with van der Waals surface area (Å²) in [5, 5.41) is 9.39. The second kappa shape index (κ2) is 10.0. The normalized spacial score (nSPS) is 15.0. The highest BCUT2D eigenvalue weighted by atomic mass is 32.2. The number of carboxylic acids is 1. The highest BCUT2D eigenvalue weighted by Crippen LogP contribution is 2.31. The highest BCUT2D eigenvalue weighted by molar-refractivity contribution is 7.92. The average Bonchev–Trinajstić information content (AvgIpc) is 2.75. The predicted molar refractivity (Wildman–Crippen MR) is 121 cm³/mol. The van der Waals surface area contributed by atoms with Gasteiger partial charge in [-0.2, -0.15) is 0 Å². The summed E-state index contributed by atoms with van der Waals surface area (Å²) in [5.41, 5.74) is 0.964. The molecule has 1 fully saturated rings. The summed E-state index contributed by atoms with van der Waals surface area (Å²) in [6.07, 6.45) is 1.08. The van der Waals surface area contributed by atoms with Crippen LogP contribution >= 0.6 is 0 Å². The quantitative estimate of drug-likeness (QED) is 0.609. The molecule has 1 saturated heterocycles. The number of nitrogens with one attached hydrogen (secondary N) is 1. The first-order chi connectivity index (χ1) is 14.8. The lowest BCUT2D eigenvalue weighted by Crippen LogP contribution is -2.46. The smallest absolute Gasteiger partial charge is 0.335 e. The van der Waals surface area contributed by atoms with E-state index in [0.29, 0.717) is 18.0 Å². The first-order valence-corrected chi connectivity index (χ1v) is 11.9. The number of hydrogen-bond donors (Lipinski definition) is 2. The number of nitrogens with zero attached hydrogens (tertiary/aromatic N) is 2. The molecule has 0 atom stereocenters. The molecule has 0 saturated carbocycles. The van der Waals surface area contributed by atoms with Gasteiger partial charge in [0.25, 0.3) is 10.0 Å². The van der Waals surface area contributed by atoms with E-state index in [2.05, 4.69) is 21.4 Å². The standard InChI is InChI=1S/C22H29N3O5S/c1-3-11-24-12-14-25(15-13-24)21-10-5-17(22(26)27)16-20(21)23-31(28,29)19-8-6-18(7-9-19)30-4-2/h5-10,16,23H,3-4,11-15H2,1-2H3,(H,26,27). The number of anilines is 2. The molecule has 1 heterocycles. The molecule has 0 unspecified atom stereocenters. The molecule has 0 spiro atoms. The molecular weight excluding hydrogens is 418 g/mol. The van der Waals surface area contributed by atoms with Gasteiger partial charge in [0.2, 0.25) is 0 Å². The van der Waals surface area contributed by atoms with Crippen molar-refractivity contribution in [2.45, 2.75) is 25.2 Å². The highest BCUT2D eigenvalue weighted by Gasteiger charge is 2.23. The molecule has 0 aromatic heterocycles. The fraction of sp³-hybridized carbons (Fsp3) is 0.409. The zero-order valence-corrected chi connectivity index (χ0v) is 18.7. The van der Waals surface area contributed by atoms with Crippen LogP contribution < -0.4 is 14.4 Å². The summed E-state index contributed by atoms with van der Waals surface area (Å²) in [4.78, 5) is 16.0. The van der Waals surface area contributed by atoms with Crippen LogP contribution in [0.4, 0.5) is 11.4 Å². The van der Waals surface area contributed by atoms with Gasteiger partial charge < -0.3 is 14.7 Å². The van der Waals surface area contributed by atoms with E-state index in [9.17, 15) is 18.3 Å². The molecular formula is C22H29N3O5S. The van der Waals surface area contributed by atoms with Gasteiger partial charge in [0, 0.05) is 26.2 Å². The molecule has 1 aliphatic rings. The van der Waals surface area contributed by atoms with E-state index >= 15 is 0 Å². The molecule has 9 heteroatoms. The Balaban J connectivity index is 1.87. The summed E-state index contributed by atoms with van der Waals surface area (Å²) >= 11 is 0. The number of aromatic carboxylic acids is 1. The van der Waals surface area contributed by atoms with Crippen LogP contribution in [0.3, 0.4) is 0 Å². The van der Waals surface area contributed by atoms with Crippen molar-refractivity contribution in [1.29, 1.82) is 0 Å². The van der Waals surface area contributed by atoms with Gasteiger partial charge in [-0.25, -0.2) is 13.2 Å². The van der Waals surface area contributed by atoms with Gasteiger partial charge in [-0.3, -0.25) is 9.62 Å². The van der Waals surface area contributed by atoms with Crippen molar-refractivity contribution >= 4 is 27.4 Å². The number of hydrogen-bond acceptors (Lipinski definition) is 6. The fourth-order valence-electron chi connectivity index (χ4n) is 3.64. The summed E-state index contributed by atoms with van der Waals surface area (Å²) in [7, 11) is -3.90. The average molecular weight is 448 g/mol. The summed E-state index contributed by atoms with van der Waals surface area (Å²) in [6, 6.07) is 10.7. The molecule has 0 amide bonds. The lowest BCUT2D eigenvalue weighted by atomic mass is 10.1. The van der Waals surface area contributed by atoms with Crippen molar-refractivity contribution < 1.29 is 23.1 Å². The van der Waals surface area contributed by atoms with Crippen molar-refractivity contribution in [3.63, 3.8) is 0 Å². The van der Waals surface area contributed by atoms with Gasteiger partial charge in [0.05, 0.1) is 28.4 Å². The number of carbonyl (C=O) groups is 1. The van der Waals surface area contributed by atoms with Crippen LogP contribution in [0, 0.1) is 0 Å². The van der Waals surface area contributed by atoms with Gasteiger partial charge in [0.15, 0.2) is 0 Å². The number of sulfonamides is 1. The molecule has 2 aromatic carbocycles. The summed E-state index contributed by atoms with van der Waals surface area (Å²) < 4.78 is 34.0. The Bertz CT molecular complexity index is 1000. The van der Waals surface area contributed by atoms with Crippen LogP contribution in [0.15, 0.2) is 47.4 Å². The minimum atomic E-state index is -3.90. The minimum absolute atomic E-state index is 0.0257. The Morgan fingerprint density at radius 3 is 2.32 bits per heavy atom. The lowest BCUT2D eigenvalue weighted by Gasteiger charge is -2.37. The number of rotatable bonds is 9. The Kier molecular flexibility index (Phi) is 7.40. The number of benzene rings is 2.